The fourth-order valence-corrected chi connectivity index (χ4v) is 3.49. The van der Waals surface area contributed by atoms with Crippen molar-refractivity contribution in [1.29, 1.82) is 0 Å². The minimum Gasteiger partial charge on any atom is -0.488 e. The summed E-state index contributed by atoms with van der Waals surface area (Å²) in [6, 6.07) is 18.6. The topological polar surface area (TPSA) is 63.5 Å². The van der Waals surface area contributed by atoms with Crippen LogP contribution in [0.25, 0.3) is 0 Å². The Morgan fingerprint density at radius 2 is 1.93 bits per heavy atom. The molecule has 0 spiro atoms. The molecule has 2 aromatic carbocycles. The minimum absolute atomic E-state index is 0. The quantitative estimate of drug-likeness (QED) is 0.286. The van der Waals surface area contributed by atoms with Crippen LogP contribution < -0.4 is 15.4 Å². The molecule has 158 valence electrons. The second kappa shape index (κ2) is 11.0. The lowest BCUT2D eigenvalue weighted by molar-refractivity contribution is 0.235. The van der Waals surface area contributed by atoms with E-state index in [-0.39, 0.29) is 30.1 Å². The van der Waals surface area contributed by atoms with Gasteiger partial charge in [0, 0.05) is 31.9 Å². The molecule has 30 heavy (non-hydrogen) atoms. The van der Waals surface area contributed by atoms with Gasteiger partial charge < -0.3 is 19.9 Å². The Kier molecular flexibility index (Phi) is 8.12. The fourth-order valence-electron chi connectivity index (χ4n) is 3.49. The highest BCUT2D eigenvalue weighted by Gasteiger charge is 2.22. The van der Waals surface area contributed by atoms with Crippen LogP contribution in [0.1, 0.15) is 23.9 Å². The van der Waals surface area contributed by atoms with Crippen LogP contribution in [0.15, 0.2) is 72.0 Å². The van der Waals surface area contributed by atoms with Gasteiger partial charge in [0.1, 0.15) is 24.2 Å². The summed E-state index contributed by atoms with van der Waals surface area (Å²) < 4.78 is 8.15. The normalized spacial score (nSPS) is 15.1. The third-order valence-corrected chi connectivity index (χ3v) is 4.93. The molecule has 1 aromatic heterocycles. The molecule has 4 rings (SSSR count). The number of benzene rings is 2. The summed E-state index contributed by atoms with van der Waals surface area (Å²) in [5.74, 6) is 2.71. The average Bonchev–Trinajstić information content (AvgIpc) is 3.37. The van der Waals surface area contributed by atoms with E-state index < -0.39 is 0 Å². The molecule has 1 aliphatic rings. The van der Waals surface area contributed by atoms with Gasteiger partial charge in [0.15, 0.2) is 5.96 Å². The first kappa shape index (κ1) is 22.1. The number of nitrogens with one attached hydrogen (secondary N) is 2. The third-order valence-electron chi connectivity index (χ3n) is 4.93. The number of halogens is 1. The van der Waals surface area contributed by atoms with Crippen molar-refractivity contribution in [2.45, 2.75) is 32.5 Å². The molecule has 0 aliphatic carbocycles. The monoisotopic (exact) mass is 517 g/mol. The second-order valence-electron chi connectivity index (χ2n) is 7.08. The summed E-state index contributed by atoms with van der Waals surface area (Å²) in [5, 5.41) is 6.71. The molecular formula is C23H28IN5O. The predicted molar refractivity (Wildman–Crippen MR) is 131 cm³/mol. The van der Waals surface area contributed by atoms with Gasteiger partial charge in [-0.05, 0) is 24.1 Å². The first-order chi connectivity index (χ1) is 14.3. The van der Waals surface area contributed by atoms with Crippen LogP contribution in [0.2, 0.25) is 0 Å². The standard InChI is InChI=1S/C23H27N5O.HI/c1-2-24-23(26-15-20-14-19-10-6-7-11-21(19)29-20)27-16-22-25-12-13-28(22)17-18-8-4-3-5-9-18;/h3-13,20H,2,14-17H2,1H3,(H2,24,26,27);1H. The number of aliphatic imine (C=N–C) groups is 1. The van der Waals surface area contributed by atoms with Crippen molar-refractivity contribution in [1.82, 2.24) is 20.2 Å². The SMILES string of the molecule is CCNC(=NCc1nccn1Cc1ccccc1)NCC1Cc2ccccc2O1.I. The molecule has 7 heteroatoms. The number of hydrogen-bond donors (Lipinski definition) is 2. The number of nitrogens with zero attached hydrogens (tertiary/aromatic N) is 3. The second-order valence-corrected chi connectivity index (χ2v) is 7.08. The van der Waals surface area contributed by atoms with E-state index in [0.717, 1.165) is 37.0 Å². The lowest BCUT2D eigenvalue weighted by Gasteiger charge is -2.15. The number of fused-ring (bicyclic) bond motifs is 1. The first-order valence-corrected chi connectivity index (χ1v) is 10.1. The van der Waals surface area contributed by atoms with Gasteiger partial charge >= 0.3 is 0 Å². The smallest absolute Gasteiger partial charge is 0.191 e. The highest BCUT2D eigenvalue weighted by atomic mass is 127. The van der Waals surface area contributed by atoms with E-state index in [9.17, 15) is 0 Å². The molecule has 0 bridgehead atoms. The van der Waals surface area contributed by atoms with Gasteiger partial charge in [0.05, 0.1) is 6.54 Å². The lowest BCUT2D eigenvalue weighted by atomic mass is 10.1. The number of aromatic nitrogens is 2. The number of ether oxygens (including phenoxy) is 1. The van der Waals surface area contributed by atoms with Crippen LogP contribution in [0.4, 0.5) is 0 Å². The van der Waals surface area contributed by atoms with Crippen molar-refractivity contribution >= 4 is 29.9 Å². The van der Waals surface area contributed by atoms with Gasteiger partial charge in [-0.25, -0.2) is 9.98 Å². The summed E-state index contributed by atoms with van der Waals surface area (Å²) in [5.41, 5.74) is 2.52. The molecule has 1 aliphatic heterocycles. The van der Waals surface area contributed by atoms with Crippen LogP contribution in [0, 0.1) is 0 Å². The van der Waals surface area contributed by atoms with Crippen LogP contribution >= 0.6 is 24.0 Å². The van der Waals surface area contributed by atoms with E-state index in [1.807, 2.05) is 30.6 Å². The maximum absolute atomic E-state index is 6.01. The zero-order valence-electron chi connectivity index (χ0n) is 17.1. The van der Waals surface area contributed by atoms with E-state index in [2.05, 4.69) is 63.5 Å². The highest BCUT2D eigenvalue weighted by molar-refractivity contribution is 14.0. The number of imidazole rings is 1. The highest BCUT2D eigenvalue weighted by Crippen LogP contribution is 2.27. The van der Waals surface area contributed by atoms with Crippen molar-refractivity contribution in [3.63, 3.8) is 0 Å². The summed E-state index contributed by atoms with van der Waals surface area (Å²) in [6.07, 6.45) is 4.88. The van der Waals surface area contributed by atoms with E-state index >= 15 is 0 Å². The molecule has 1 atom stereocenters. The zero-order chi connectivity index (χ0) is 19.9. The van der Waals surface area contributed by atoms with Gasteiger partial charge in [-0.1, -0.05) is 48.5 Å². The van der Waals surface area contributed by atoms with Crippen molar-refractivity contribution < 1.29 is 4.74 Å². The van der Waals surface area contributed by atoms with E-state index in [4.69, 9.17) is 9.73 Å². The Labute approximate surface area is 194 Å². The third kappa shape index (κ3) is 5.75. The van der Waals surface area contributed by atoms with E-state index in [1.165, 1.54) is 11.1 Å². The molecule has 0 saturated carbocycles. The number of para-hydroxylation sites is 1. The molecule has 0 amide bonds. The van der Waals surface area contributed by atoms with Gasteiger partial charge in [0.2, 0.25) is 0 Å². The number of rotatable bonds is 7. The van der Waals surface area contributed by atoms with Crippen molar-refractivity contribution in [2.24, 2.45) is 4.99 Å². The van der Waals surface area contributed by atoms with Gasteiger partial charge in [-0.15, -0.1) is 24.0 Å². The maximum atomic E-state index is 6.01. The molecule has 6 nitrogen and oxygen atoms in total. The molecule has 1 unspecified atom stereocenters. The average molecular weight is 517 g/mol. The van der Waals surface area contributed by atoms with Crippen LogP contribution in [-0.2, 0) is 19.5 Å². The van der Waals surface area contributed by atoms with Crippen molar-refractivity contribution in [2.75, 3.05) is 13.1 Å². The molecule has 0 fully saturated rings. The van der Waals surface area contributed by atoms with Crippen LogP contribution in [-0.4, -0.2) is 34.7 Å². The maximum Gasteiger partial charge on any atom is 0.191 e. The van der Waals surface area contributed by atoms with Crippen LogP contribution in [0.5, 0.6) is 5.75 Å². The molecule has 2 heterocycles. The minimum atomic E-state index is 0. The molecule has 2 N–H and O–H groups in total. The summed E-state index contributed by atoms with van der Waals surface area (Å²) in [6.45, 7) is 4.88. The lowest BCUT2D eigenvalue weighted by Crippen LogP contribution is -2.42. The number of hydrogen-bond acceptors (Lipinski definition) is 3. The molecule has 0 radical (unpaired) electrons. The Morgan fingerprint density at radius 1 is 1.13 bits per heavy atom. The van der Waals surface area contributed by atoms with Crippen LogP contribution in [0.3, 0.4) is 0 Å². The largest absolute Gasteiger partial charge is 0.488 e. The Hall–Kier alpha value is -2.55. The number of guanidine groups is 1. The summed E-state index contributed by atoms with van der Waals surface area (Å²) in [4.78, 5) is 9.21. The summed E-state index contributed by atoms with van der Waals surface area (Å²) in [7, 11) is 0. The van der Waals surface area contributed by atoms with Gasteiger partial charge in [-0.3, -0.25) is 0 Å². The van der Waals surface area contributed by atoms with Crippen molar-refractivity contribution in [3.05, 3.63) is 83.9 Å². The van der Waals surface area contributed by atoms with E-state index in [0.29, 0.717) is 13.1 Å². The zero-order valence-corrected chi connectivity index (χ0v) is 19.5. The van der Waals surface area contributed by atoms with E-state index in [1.54, 1.807) is 0 Å². The molecule has 0 saturated heterocycles. The van der Waals surface area contributed by atoms with Gasteiger partial charge in [0.25, 0.3) is 0 Å². The fraction of sp³-hybridized carbons (Fsp3) is 0.304. The van der Waals surface area contributed by atoms with Gasteiger partial charge in [-0.2, -0.15) is 0 Å². The first-order valence-electron chi connectivity index (χ1n) is 10.1. The Balaban J connectivity index is 0.00000256. The Morgan fingerprint density at radius 3 is 2.73 bits per heavy atom. The van der Waals surface area contributed by atoms with Crippen molar-refractivity contribution in [3.8, 4) is 5.75 Å². The molecule has 3 aromatic rings. The molecular weight excluding hydrogens is 489 g/mol. The predicted octanol–water partition coefficient (Wildman–Crippen LogP) is 3.61. The summed E-state index contributed by atoms with van der Waals surface area (Å²) >= 11 is 0. The Bertz CT molecular complexity index is 932.